The van der Waals surface area contributed by atoms with Crippen LogP contribution in [0.3, 0.4) is 0 Å². The van der Waals surface area contributed by atoms with Gasteiger partial charge in [0, 0.05) is 37.6 Å². The molecule has 6 heteroatoms. The zero-order chi connectivity index (χ0) is 15.0. The van der Waals surface area contributed by atoms with Crippen LogP contribution < -0.4 is 9.47 Å². The minimum atomic E-state index is -3.53. The maximum Gasteiger partial charge on any atom is 0.246 e. The largest absolute Gasteiger partial charge is 0.493 e. The van der Waals surface area contributed by atoms with Crippen LogP contribution in [-0.4, -0.2) is 39.5 Å². The molecule has 0 fully saturated rings. The van der Waals surface area contributed by atoms with Crippen molar-refractivity contribution in [2.24, 2.45) is 0 Å². The van der Waals surface area contributed by atoms with Gasteiger partial charge in [-0.3, -0.25) is 0 Å². The lowest BCUT2D eigenvalue weighted by Gasteiger charge is -2.20. The molecule has 0 aliphatic carbocycles. The summed E-state index contributed by atoms with van der Waals surface area (Å²) >= 11 is 0. The Bertz CT molecular complexity index is 622. The second-order valence-corrected chi connectivity index (χ2v) is 7.53. The average Bonchev–Trinajstić information content (AvgIpc) is 3.09. The zero-order valence-corrected chi connectivity index (χ0v) is 13.3. The predicted molar refractivity (Wildman–Crippen MR) is 79.6 cm³/mol. The van der Waals surface area contributed by atoms with E-state index in [1.54, 1.807) is 7.05 Å². The fraction of sp³-hybridized carbons (Fsp3) is 0.600. The van der Waals surface area contributed by atoms with Crippen LogP contribution in [0.5, 0.6) is 11.5 Å². The van der Waals surface area contributed by atoms with Crippen LogP contribution in [-0.2, 0) is 22.9 Å². The van der Waals surface area contributed by atoms with Gasteiger partial charge in [-0.15, -0.1) is 0 Å². The molecule has 3 rings (SSSR count). The van der Waals surface area contributed by atoms with Crippen molar-refractivity contribution in [1.29, 1.82) is 0 Å². The lowest BCUT2D eigenvalue weighted by molar-refractivity contribution is 0.346. The molecule has 0 saturated carbocycles. The summed E-state index contributed by atoms with van der Waals surface area (Å²) < 4.78 is 38.5. The van der Waals surface area contributed by atoms with Gasteiger partial charge in [-0.25, -0.2) is 12.7 Å². The number of unbranched alkanes of at least 4 members (excludes halogenated alkanes) is 1. The molecule has 0 amide bonds. The highest BCUT2D eigenvalue weighted by Crippen LogP contribution is 2.43. The molecule has 2 aliphatic heterocycles. The van der Waals surface area contributed by atoms with Gasteiger partial charge in [-0.2, -0.15) is 0 Å². The van der Waals surface area contributed by atoms with Crippen LogP contribution in [0, 0.1) is 0 Å². The van der Waals surface area contributed by atoms with E-state index < -0.39 is 10.0 Å². The molecule has 21 heavy (non-hydrogen) atoms. The van der Waals surface area contributed by atoms with E-state index in [4.69, 9.17) is 9.47 Å². The Hall–Kier alpha value is -1.27. The smallest absolute Gasteiger partial charge is 0.246 e. The third kappa shape index (κ3) is 2.40. The zero-order valence-electron chi connectivity index (χ0n) is 12.5. The highest BCUT2D eigenvalue weighted by Gasteiger charge is 2.35. The quantitative estimate of drug-likeness (QED) is 0.834. The van der Waals surface area contributed by atoms with Gasteiger partial charge in [0.15, 0.2) is 0 Å². The van der Waals surface area contributed by atoms with Crippen molar-refractivity contribution in [3.63, 3.8) is 0 Å². The summed E-state index contributed by atoms with van der Waals surface area (Å²) in [5.41, 5.74) is 1.72. The van der Waals surface area contributed by atoms with Gasteiger partial charge in [-0.1, -0.05) is 13.3 Å². The number of hydrogen-bond donors (Lipinski definition) is 0. The molecule has 1 aromatic rings. The number of rotatable bonds is 5. The van der Waals surface area contributed by atoms with Gasteiger partial charge >= 0.3 is 0 Å². The fourth-order valence-corrected chi connectivity index (χ4v) is 4.49. The number of fused-ring (bicyclic) bond motifs is 2. The Morgan fingerprint density at radius 2 is 2.00 bits per heavy atom. The first-order valence-corrected chi connectivity index (χ1v) is 8.90. The molecule has 0 atom stereocenters. The summed E-state index contributed by atoms with van der Waals surface area (Å²) in [6.07, 6.45) is 3.18. The average molecular weight is 311 g/mol. The third-order valence-electron chi connectivity index (χ3n) is 4.10. The molecule has 2 aliphatic rings. The molecule has 0 N–H and O–H groups in total. The predicted octanol–water partition coefficient (Wildman–Crippen LogP) is 1.98. The number of nitrogens with zero attached hydrogens (tertiary/aromatic N) is 1. The Morgan fingerprint density at radius 1 is 1.24 bits per heavy atom. The number of benzene rings is 1. The number of ether oxygens (including phenoxy) is 2. The molecule has 116 valence electrons. The Labute approximate surface area is 125 Å². The Morgan fingerprint density at radius 3 is 2.76 bits per heavy atom. The van der Waals surface area contributed by atoms with E-state index in [-0.39, 0.29) is 0 Å². The normalized spacial score (nSPS) is 16.5. The van der Waals surface area contributed by atoms with Crippen LogP contribution in [0.1, 0.15) is 30.9 Å². The van der Waals surface area contributed by atoms with Gasteiger partial charge < -0.3 is 9.47 Å². The first kappa shape index (κ1) is 14.7. The minimum absolute atomic E-state index is 0.337. The van der Waals surface area contributed by atoms with Gasteiger partial charge in [0.2, 0.25) is 10.0 Å². The highest BCUT2D eigenvalue weighted by atomic mass is 32.2. The standard InChI is InChI=1S/C15H21NO4S/c1-3-4-7-16(2)21(17,18)15-12-6-9-19-13(12)10-11-5-8-20-14(11)15/h10H,3-9H2,1-2H3. The molecular formula is C15H21NO4S. The summed E-state index contributed by atoms with van der Waals surface area (Å²) in [4.78, 5) is 0.337. The Kier molecular flexibility index (Phi) is 3.84. The van der Waals surface area contributed by atoms with Gasteiger partial charge in [0.1, 0.15) is 16.4 Å². The maximum absolute atomic E-state index is 12.9. The van der Waals surface area contributed by atoms with Crippen molar-refractivity contribution in [2.75, 3.05) is 26.8 Å². The van der Waals surface area contributed by atoms with Crippen molar-refractivity contribution >= 4 is 10.0 Å². The summed E-state index contributed by atoms with van der Waals surface area (Å²) in [6, 6.07) is 1.94. The van der Waals surface area contributed by atoms with E-state index in [0.29, 0.717) is 42.6 Å². The van der Waals surface area contributed by atoms with Gasteiger partial charge in [0.05, 0.1) is 13.2 Å². The first-order valence-electron chi connectivity index (χ1n) is 7.46. The molecule has 2 heterocycles. The Balaban J connectivity index is 2.09. The van der Waals surface area contributed by atoms with E-state index in [2.05, 4.69) is 6.92 Å². The minimum Gasteiger partial charge on any atom is -0.493 e. The van der Waals surface area contributed by atoms with Gasteiger partial charge in [0.25, 0.3) is 0 Å². The lowest BCUT2D eigenvalue weighted by Crippen LogP contribution is -2.29. The lowest BCUT2D eigenvalue weighted by atomic mass is 10.1. The van der Waals surface area contributed by atoms with Crippen molar-refractivity contribution in [3.05, 3.63) is 17.2 Å². The van der Waals surface area contributed by atoms with E-state index >= 15 is 0 Å². The number of sulfonamides is 1. The molecule has 0 saturated heterocycles. The summed E-state index contributed by atoms with van der Waals surface area (Å²) in [5.74, 6) is 1.25. The summed E-state index contributed by atoms with van der Waals surface area (Å²) in [7, 11) is -1.89. The SMILES string of the molecule is CCCCN(C)S(=O)(=O)c1c2c(cc3c1OCC3)OCC2. The third-order valence-corrected chi connectivity index (χ3v) is 6.05. The highest BCUT2D eigenvalue weighted by molar-refractivity contribution is 7.89. The topological polar surface area (TPSA) is 55.8 Å². The van der Waals surface area contributed by atoms with Crippen LogP contribution >= 0.6 is 0 Å². The van der Waals surface area contributed by atoms with Crippen LogP contribution in [0.2, 0.25) is 0 Å². The second kappa shape index (κ2) is 5.50. The van der Waals surface area contributed by atoms with E-state index in [9.17, 15) is 8.42 Å². The number of hydrogen-bond acceptors (Lipinski definition) is 4. The van der Waals surface area contributed by atoms with Crippen LogP contribution in [0.25, 0.3) is 0 Å². The maximum atomic E-state index is 12.9. The molecule has 0 spiro atoms. The van der Waals surface area contributed by atoms with E-state index in [1.807, 2.05) is 6.07 Å². The van der Waals surface area contributed by atoms with Crippen LogP contribution in [0.4, 0.5) is 0 Å². The summed E-state index contributed by atoms with van der Waals surface area (Å²) in [5, 5.41) is 0. The van der Waals surface area contributed by atoms with Crippen molar-refractivity contribution in [3.8, 4) is 11.5 Å². The van der Waals surface area contributed by atoms with Crippen molar-refractivity contribution in [1.82, 2.24) is 4.31 Å². The van der Waals surface area contributed by atoms with Gasteiger partial charge in [-0.05, 0) is 12.5 Å². The molecule has 1 aromatic carbocycles. The van der Waals surface area contributed by atoms with E-state index in [0.717, 1.165) is 30.4 Å². The molecular weight excluding hydrogens is 290 g/mol. The summed E-state index contributed by atoms with van der Waals surface area (Å²) in [6.45, 7) is 3.66. The second-order valence-electron chi connectivity index (χ2n) is 5.55. The molecule has 0 unspecified atom stereocenters. The fourth-order valence-electron chi connectivity index (χ4n) is 2.87. The molecule has 0 bridgehead atoms. The molecule has 5 nitrogen and oxygen atoms in total. The van der Waals surface area contributed by atoms with Crippen molar-refractivity contribution in [2.45, 2.75) is 37.5 Å². The van der Waals surface area contributed by atoms with E-state index in [1.165, 1.54) is 4.31 Å². The molecule has 0 radical (unpaired) electrons. The van der Waals surface area contributed by atoms with Crippen LogP contribution in [0.15, 0.2) is 11.0 Å². The van der Waals surface area contributed by atoms with Crippen molar-refractivity contribution < 1.29 is 17.9 Å². The first-order chi connectivity index (χ1) is 10.1. The molecule has 0 aromatic heterocycles. The monoisotopic (exact) mass is 311 g/mol.